The summed E-state index contributed by atoms with van der Waals surface area (Å²) in [6.07, 6.45) is 0. The van der Waals surface area contributed by atoms with Gasteiger partial charge in [0.05, 0.1) is 11.7 Å². The molecule has 1 amide bonds. The molecule has 4 heterocycles. The van der Waals surface area contributed by atoms with E-state index in [-0.39, 0.29) is 11.9 Å². The van der Waals surface area contributed by atoms with Crippen molar-refractivity contribution in [2.75, 3.05) is 55.7 Å². The van der Waals surface area contributed by atoms with Crippen LogP contribution < -0.4 is 4.90 Å². The van der Waals surface area contributed by atoms with Crippen LogP contribution in [0.15, 0.2) is 72.8 Å². The van der Waals surface area contributed by atoms with Crippen molar-refractivity contribution in [3.8, 4) is 11.3 Å². The lowest BCUT2D eigenvalue weighted by Gasteiger charge is -2.35. The minimum absolute atomic E-state index is 0.0428. The van der Waals surface area contributed by atoms with Gasteiger partial charge in [0.1, 0.15) is 11.3 Å². The summed E-state index contributed by atoms with van der Waals surface area (Å²) in [4.78, 5) is 28.8. The molecule has 2 aromatic heterocycles. The number of carbonyl (C=O) groups is 1. The zero-order valence-electron chi connectivity index (χ0n) is 21.3. The molecule has 37 heavy (non-hydrogen) atoms. The Hall–Kier alpha value is -3.29. The third-order valence-corrected chi connectivity index (χ3v) is 8.65. The number of aromatic amines is 1. The third kappa shape index (κ3) is 4.98. The van der Waals surface area contributed by atoms with Crippen LogP contribution in [0.2, 0.25) is 0 Å². The van der Waals surface area contributed by atoms with Gasteiger partial charge in [0.15, 0.2) is 0 Å². The number of anilines is 1. The molecular formula is C30H33N5OS. The van der Waals surface area contributed by atoms with E-state index in [1.165, 1.54) is 11.3 Å². The highest BCUT2D eigenvalue weighted by Crippen LogP contribution is 2.31. The summed E-state index contributed by atoms with van der Waals surface area (Å²) in [5.74, 6) is 1.92. The van der Waals surface area contributed by atoms with E-state index >= 15 is 0 Å². The zero-order valence-corrected chi connectivity index (χ0v) is 22.1. The molecule has 2 aliphatic heterocycles. The topological polar surface area (TPSA) is 55.5 Å². The summed E-state index contributed by atoms with van der Waals surface area (Å²) in [5.41, 5.74) is 5.80. The van der Waals surface area contributed by atoms with Gasteiger partial charge in [0.2, 0.25) is 0 Å². The molecule has 190 valence electrons. The minimum atomic E-state index is 0.0428. The first-order chi connectivity index (χ1) is 18.2. The number of hydrogen-bond acceptors (Lipinski definition) is 5. The Labute approximate surface area is 222 Å². The number of H-pyrrole nitrogens is 1. The first kappa shape index (κ1) is 24.1. The van der Waals surface area contributed by atoms with Crippen molar-refractivity contribution in [3.05, 3.63) is 84.1 Å². The van der Waals surface area contributed by atoms with Gasteiger partial charge in [-0.3, -0.25) is 4.79 Å². The number of hydrogen-bond donors (Lipinski definition) is 1. The number of fused-ring (bicyclic) bond motifs is 1. The van der Waals surface area contributed by atoms with Crippen molar-refractivity contribution < 1.29 is 4.79 Å². The van der Waals surface area contributed by atoms with Gasteiger partial charge in [-0.25, -0.2) is 4.98 Å². The molecule has 6 nitrogen and oxygen atoms in total. The highest BCUT2D eigenvalue weighted by Gasteiger charge is 2.30. The fourth-order valence-corrected chi connectivity index (χ4v) is 6.49. The summed E-state index contributed by atoms with van der Waals surface area (Å²) in [6, 6.07) is 25.2. The van der Waals surface area contributed by atoms with Gasteiger partial charge in [-0.2, -0.15) is 11.8 Å². The Bertz CT molecular complexity index is 1360. The molecule has 1 atom stereocenters. The molecule has 6 rings (SSSR count). The number of rotatable bonds is 5. The average Bonchev–Trinajstić information content (AvgIpc) is 3.41. The van der Waals surface area contributed by atoms with Crippen molar-refractivity contribution >= 4 is 34.4 Å². The first-order valence-corrected chi connectivity index (χ1v) is 14.4. The summed E-state index contributed by atoms with van der Waals surface area (Å²) >= 11 is 1.91. The van der Waals surface area contributed by atoms with Crippen LogP contribution in [0.5, 0.6) is 0 Å². The number of likely N-dealkylation sites (N-methyl/N-ethyl adjacent to an activating group) is 1. The maximum absolute atomic E-state index is 13.6. The summed E-state index contributed by atoms with van der Waals surface area (Å²) in [5, 5.41) is 0.958. The van der Waals surface area contributed by atoms with Gasteiger partial charge in [0.25, 0.3) is 5.91 Å². The number of carbonyl (C=O) groups excluding carboxylic acids is 1. The fourth-order valence-electron chi connectivity index (χ4n) is 5.40. The number of piperazine rings is 1. The maximum atomic E-state index is 13.6. The lowest BCUT2D eigenvalue weighted by atomic mass is 10.1. The normalized spacial score (nSPS) is 18.9. The fraction of sp³-hybridized carbons (Fsp3) is 0.333. The van der Waals surface area contributed by atoms with Crippen LogP contribution in [0.4, 0.5) is 5.69 Å². The molecule has 1 N–H and O–H groups in total. The molecule has 0 bridgehead atoms. The molecule has 2 aromatic carbocycles. The molecule has 2 saturated heterocycles. The summed E-state index contributed by atoms with van der Waals surface area (Å²) in [7, 11) is 0. The quantitative estimate of drug-likeness (QED) is 0.394. The van der Waals surface area contributed by atoms with Crippen molar-refractivity contribution in [2.24, 2.45) is 0 Å². The van der Waals surface area contributed by atoms with Crippen molar-refractivity contribution in [3.63, 3.8) is 0 Å². The largest absolute Gasteiger partial charge is 0.369 e. The molecule has 0 radical (unpaired) electrons. The van der Waals surface area contributed by atoms with Crippen LogP contribution in [-0.4, -0.2) is 76.4 Å². The predicted molar refractivity (Wildman–Crippen MR) is 153 cm³/mol. The lowest BCUT2D eigenvalue weighted by molar-refractivity contribution is 0.0696. The Morgan fingerprint density at radius 1 is 0.973 bits per heavy atom. The Kier molecular flexibility index (Phi) is 6.89. The monoisotopic (exact) mass is 511 g/mol. The lowest BCUT2D eigenvalue weighted by Crippen LogP contribution is -2.46. The molecule has 0 spiro atoms. The van der Waals surface area contributed by atoms with Gasteiger partial charge >= 0.3 is 0 Å². The Balaban J connectivity index is 1.21. The van der Waals surface area contributed by atoms with Crippen LogP contribution in [0, 0.1) is 0 Å². The number of pyridine rings is 1. The molecule has 0 saturated carbocycles. The first-order valence-electron chi connectivity index (χ1n) is 13.2. The zero-order chi connectivity index (χ0) is 25.2. The number of nitrogens with one attached hydrogen (secondary N) is 1. The molecule has 7 heteroatoms. The van der Waals surface area contributed by atoms with E-state index < -0.39 is 0 Å². The van der Waals surface area contributed by atoms with Gasteiger partial charge in [-0.15, -0.1) is 0 Å². The molecule has 4 aromatic rings. The second-order valence-electron chi connectivity index (χ2n) is 9.79. The Morgan fingerprint density at radius 2 is 1.76 bits per heavy atom. The standard InChI is InChI=1S/C30H33N5OS/c1-2-33-14-16-34(17-15-33)25-11-8-22(9-12-25)26-13-10-24-20-27(32-29(24)31-26)30(36)35-18-19-37-21-28(35)23-6-4-3-5-7-23/h3-13,20,28H,2,14-19,21H2,1H3,(H,31,32). The number of amides is 1. The van der Waals surface area contributed by atoms with Crippen LogP contribution in [0.1, 0.15) is 29.0 Å². The van der Waals surface area contributed by atoms with Crippen molar-refractivity contribution in [2.45, 2.75) is 13.0 Å². The summed E-state index contributed by atoms with van der Waals surface area (Å²) < 4.78 is 0. The van der Waals surface area contributed by atoms with Crippen LogP contribution >= 0.6 is 11.8 Å². The van der Waals surface area contributed by atoms with Crippen molar-refractivity contribution in [1.82, 2.24) is 19.8 Å². The molecule has 1 unspecified atom stereocenters. The van der Waals surface area contributed by atoms with Gasteiger partial charge in [0, 0.05) is 60.9 Å². The van der Waals surface area contributed by atoms with E-state index in [9.17, 15) is 4.79 Å². The third-order valence-electron chi connectivity index (χ3n) is 7.63. The number of benzene rings is 2. The predicted octanol–water partition coefficient (Wildman–Crippen LogP) is 5.30. The van der Waals surface area contributed by atoms with E-state index in [0.29, 0.717) is 5.69 Å². The Morgan fingerprint density at radius 3 is 2.51 bits per heavy atom. The number of aromatic nitrogens is 2. The van der Waals surface area contributed by atoms with E-state index in [4.69, 9.17) is 4.98 Å². The van der Waals surface area contributed by atoms with Crippen LogP contribution in [0.3, 0.4) is 0 Å². The highest BCUT2D eigenvalue weighted by atomic mass is 32.2. The van der Waals surface area contributed by atoms with Crippen LogP contribution in [0.25, 0.3) is 22.3 Å². The second-order valence-corrected chi connectivity index (χ2v) is 10.9. The van der Waals surface area contributed by atoms with E-state index in [1.54, 1.807) is 0 Å². The number of nitrogens with zero attached hydrogens (tertiary/aromatic N) is 4. The molecule has 0 aliphatic carbocycles. The molecule has 2 fully saturated rings. The van der Waals surface area contributed by atoms with Gasteiger partial charge in [-0.1, -0.05) is 49.4 Å². The maximum Gasteiger partial charge on any atom is 0.270 e. The second kappa shape index (κ2) is 10.6. The SMILES string of the molecule is CCN1CCN(c2ccc(-c3ccc4cc(C(=O)N5CCSCC5c5ccccc5)[nH]c4n3)cc2)CC1. The highest BCUT2D eigenvalue weighted by molar-refractivity contribution is 7.99. The molecular weight excluding hydrogens is 478 g/mol. The van der Waals surface area contributed by atoms with Crippen molar-refractivity contribution in [1.29, 1.82) is 0 Å². The van der Waals surface area contributed by atoms with E-state index in [0.717, 1.165) is 73.1 Å². The summed E-state index contributed by atoms with van der Waals surface area (Å²) in [6.45, 7) is 8.47. The molecule has 2 aliphatic rings. The van der Waals surface area contributed by atoms with Crippen LogP contribution in [-0.2, 0) is 0 Å². The average molecular weight is 512 g/mol. The smallest absolute Gasteiger partial charge is 0.270 e. The van der Waals surface area contributed by atoms with E-state index in [2.05, 4.69) is 64.2 Å². The van der Waals surface area contributed by atoms with Gasteiger partial charge in [-0.05, 0) is 42.4 Å². The minimum Gasteiger partial charge on any atom is -0.369 e. The number of thioether (sulfide) groups is 1. The van der Waals surface area contributed by atoms with Gasteiger partial charge < -0.3 is 19.7 Å². The van der Waals surface area contributed by atoms with E-state index in [1.807, 2.05) is 47.0 Å².